The van der Waals surface area contributed by atoms with Crippen LogP contribution in [0.1, 0.15) is 23.7 Å². The molecule has 0 fully saturated rings. The number of nitrogens with one attached hydrogen (secondary N) is 2. The molecule has 0 unspecified atom stereocenters. The van der Waals surface area contributed by atoms with E-state index in [4.69, 9.17) is 23.2 Å². The van der Waals surface area contributed by atoms with Crippen molar-refractivity contribution in [1.29, 1.82) is 0 Å². The molecule has 4 rings (SSSR count). The van der Waals surface area contributed by atoms with E-state index in [1.807, 2.05) is 0 Å². The number of amides is 2. The molecule has 16 heteroatoms. The smallest absolute Gasteiger partial charge is 0.411 e. The lowest BCUT2D eigenvalue weighted by molar-refractivity contribution is -0.117. The average molecular weight is 632 g/mol. The van der Waals surface area contributed by atoms with E-state index >= 15 is 0 Å². The number of aromatic nitrogens is 6. The third kappa shape index (κ3) is 8.31. The molecule has 0 spiro atoms. The van der Waals surface area contributed by atoms with Crippen molar-refractivity contribution in [3.8, 4) is 16.8 Å². The van der Waals surface area contributed by atoms with Crippen molar-refractivity contribution in [3.05, 3.63) is 82.4 Å². The molecular weight excluding hydrogens is 607 g/mol. The van der Waals surface area contributed by atoms with Crippen molar-refractivity contribution < 1.29 is 22.7 Å². The Balaban J connectivity index is 1.60. The van der Waals surface area contributed by atoms with Crippen LogP contribution in [0.3, 0.4) is 0 Å². The van der Waals surface area contributed by atoms with Crippen LogP contribution in [-0.4, -0.2) is 69.9 Å². The minimum absolute atomic E-state index is 0.0309. The minimum Gasteiger partial charge on any atom is -0.453 e. The van der Waals surface area contributed by atoms with E-state index in [9.17, 15) is 18.0 Å². The maximum absolute atomic E-state index is 13.0. The highest BCUT2D eigenvalue weighted by Gasteiger charge is 2.20. The quantitative estimate of drug-likeness (QED) is 0.245. The molecule has 0 radical (unpaired) electrons. The SMILES string of the molecule is COC(=O)Nc1ccc(-c2cc([C@H](CCS(C)(=O)=O)NC(=O)/C=C/c3cc(Cl)ccc3-n3cnnn3)nnc2Cl)cc1. The number of halogens is 2. The Morgan fingerprint density at radius 2 is 1.86 bits per heavy atom. The standard InChI is InChI=1S/C26H24Cl2N8O5S/c1-41-26(38)30-19-7-3-16(4-8-19)20-14-22(32-33-25(20)28)21(11-12-42(2,39)40)31-24(37)10-5-17-13-18(27)6-9-23(17)36-15-29-34-35-36/h3-10,13-15,21H,11-12H2,1-2H3,(H,30,38)(H,31,37)/b10-5+/t21-/m0/s1. The van der Waals surface area contributed by atoms with Crippen molar-refractivity contribution >= 4 is 56.8 Å². The first kappa shape index (κ1) is 30.6. The average Bonchev–Trinajstić information content (AvgIpc) is 3.49. The highest BCUT2D eigenvalue weighted by molar-refractivity contribution is 7.90. The molecule has 0 saturated heterocycles. The molecular formula is C26H24Cl2N8O5S. The molecule has 1 atom stereocenters. The summed E-state index contributed by atoms with van der Waals surface area (Å²) in [5.74, 6) is -0.736. The topological polar surface area (TPSA) is 171 Å². The van der Waals surface area contributed by atoms with Crippen LogP contribution in [0.15, 0.2) is 60.9 Å². The fourth-order valence-electron chi connectivity index (χ4n) is 3.82. The van der Waals surface area contributed by atoms with Crippen LogP contribution in [0.25, 0.3) is 22.9 Å². The lowest BCUT2D eigenvalue weighted by Gasteiger charge is -2.18. The fourth-order valence-corrected chi connectivity index (χ4v) is 4.86. The second-order valence-corrected chi connectivity index (χ2v) is 12.0. The van der Waals surface area contributed by atoms with E-state index in [-0.39, 0.29) is 17.3 Å². The number of ether oxygens (including phenoxy) is 1. The van der Waals surface area contributed by atoms with Crippen LogP contribution in [0, 0.1) is 0 Å². The van der Waals surface area contributed by atoms with Crippen LogP contribution < -0.4 is 10.6 Å². The third-order valence-electron chi connectivity index (χ3n) is 5.85. The summed E-state index contributed by atoms with van der Waals surface area (Å²) in [6.07, 6.45) is 4.74. The summed E-state index contributed by atoms with van der Waals surface area (Å²) >= 11 is 12.5. The zero-order chi connectivity index (χ0) is 30.3. The molecule has 0 aliphatic carbocycles. The largest absolute Gasteiger partial charge is 0.453 e. The Labute approximate surface area is 250 Å². The number of hydrogen-bond donors (Lipinski definition) is 2. The Hall–Kier alpha value is -4.40. The molecule has 218 valence electrons. The summed E-state index contributed by atoms with van der Waals surface area (Å²) in [6.45, 7) is 0. The van der Waals surface area contributed by atoms with Crippen molar-refractivity contribution in [3.63, 3.8) is 0 Å². The summed E-state index contributed by atoms with van der Waals surface area (Å²) in [6, 6.07) is 12.5. The Morgan fingerprint density at radius 1 is 1.10 bits per heavy atom. The van der Waals surface area contributed by atoms with E-state index in [0.29, 0.717) is 38.8 Å². The minimum atomic E-state index is -3.37. The Bertz CT molecular complexity index is 1720. The lowest BCUT2D eigenvalue weighted by atomic mass is 10.0. The molecule has 0 aliphatic heterocycles. The molecule has 2 aromatic heterocycles. The highest BCUT2D eigenvalue weighted by atomic mass is 35.5. The summed E-state index contributed by atoms with van der Waals surface area (Å²) in [4.78, 5) is 24.5. The second-order valence-electron chi connectivity index (χ2n) is 8.94. The zero-order valence-electron chi connectivity index (χ0n) is 22.2. The number of anilines is 1. The first-order chi connectivity index (χ1) is 20.0. The van der Waals surface area contributed by atoms with Crippen molar-refractivity contribution in [2.45, 2.75) is 12.5 Å². The number of methoxy groups -OCH3 is 1. The van der Waals surface area contributed by atoms with Crippen LogP contribution in [0.2, 0.25) is 10.2 Å². The van der Waals surface area contributed by atoms with Gasteiger partial charge in [0.15, 0.2) is 5.15 Å². The molecule has 0 bridgehead atoms. The van der Waals surface area contributed by atoms with Gasteiger partial charge in [0, 0.05) is 34.2 Å². The summed E-state index contributed by atoms with van der Waals surface area (Å²) in [7, 11) is -2.11. The maximum atomic E-state index is 13.0. The molecule has 42 heavy (non-hydrogen) atoms. The monoisotopic (exact) mass is 630 g/mol. The summed E-state index contributed by atoms with van der Waals surface area (Å²) < 4.78 is 29.9. The first-order valence-corrected chi connectivity index (χ1v) is 15.0. The highest BCUT2D eigenvalue weighted by Crippen LogP contribution is 2.30. The molecule has 2 N–H and O–H groups in total. The number of tetrazole rings is 1. The summed E-state index contributed by atoms with van der Waals surface area (Å²) in [5.41, 5.74) is 3.09. The predicted molar refractivity (Wildman–Crippen MR) is 157 cm³/mol. The molecule has 2 heterocycles. The van der Waals surface area contributed by atoms with Crippen LogP contribution in [-0.2, 0) is 19.4 Å². The fraction of sp³-hybridized carbons (Fsp3) is 0.192. The Morgan fingerprint density at radius 3 is 2.52 bits per heavy atom. The normalized spacial score (nSPS) is 12.2. The predicted octanol–water partition coefficient (Wildman–Crippen LogP) is 3.91. The van der Waals surface area contributed by atoms with E-state index in [0.717, 1.165) is 6.26 Å². The number of carbonyl (C=O) groups is 2. The van der Waals surface area contributed by atoms with E-state index < -0.39 is 27.9 Å². The van der Waals surface area contributed by atoms with Gasteiger partial charge in [-0.25, -0.2) is 13.2 Å². The number of nitrogens with zero attached hydrogens (tertiary/aromatic N) is 6. The van der Waals surface area contributed by atoms with Crippen LogP contribution >= 0.6 is 23.2 Å². The van der Waals surface area contributed by atoms with Crippen LogP contribution in [0.4, 0.5) is 10.5 Å². The lowest BCUT2D eigenvalue weighted by Crippen LogP contribution is -2.29. The first-order valence-electron chi connectivity index (χ1n) is 12.2. The van der Waals surface area contributed by atoms with Gasteiger partial charge >= 0.3 is 6.09 Å². The molecule has 2 aromatic carbocycles. The van der Waals surface area contributed by atoms with Gasteiger partial charge in [-0.05, 0) is 64.9 Å². The number of benzene rings is 2. The van der Waals surface area contributed by atoms with Crippen LogP contribution in [0.5, 0.6) is 0 Å². The number of carbonyl (C=O) groups excluding carboxylic acids is 2. The van der Waals surface area contributed by atoms with Gasteiger partial charge in [-0.2, -0.15) is 9.78 Å². The van der Waals surface area contributed by atoms with Gasteiger partial charge in [0.05, 0.1) is 30.3 Å². The number of hydrogen-bond acceptors (Lipinski definition) is 10. The molecule has 2 amide bonds. The summed E-state index contributed by atoms with van der Waals surface area (Å²) in [5, 5.41) is 25.2. The van der Waals surface area contributed by atoms with Gasteiger partial charge in [0.25, 0.3) is 0 Å². The molecule has 0 aliphatic rings. The van der Waals surface area contributed by atoms with Gasteiger partial charge in [0.2, 0.25) is 5.91 Å². The van der Waals surface area contributed by atoms with Crippen molar-refractivity contribution in [2.24, 2.45) is 0 Å². The van der Waals surface area contributed by atoms with Gasteiger partial charge in [-0.15, -0.1) is 10.2 Å². The third-order valence-corrected chi connectivity index (χ3v) is 7.34. The van der Waals surface area contributed by atoms with Gasteiger partial charge in [0.1, 0.15) is 16.2 Å². The second kappa shape index (κ2) is 13.5. The van der Waals surface area contributed by atoms with E-state index in [1.54, 1.807) is 48.5 Å². The number of rotatable bonds is 10. The molecule has 4 aromatic rings. The Kier molecular flexibility index (Phi) is 9.83. The molecule has 13 nitrogen and oxygen atoms in total. The molecule has 0 saturated carbocycles. The van der Waals surface area contributed by atoms with Gasteiger partial charge in [-0.3, -0.25) is 10.1 Å². The maximum Gasteiger partial charge on any atom is 0.411 e. The van der Waals surface area contributed by atoms with E-state index in [2.05, 4.69) is 41.1 Å². The van der Waals surface area contributed by atoms with Crippen molar-refractivity contribution in [2.75, 3.05) is 24.4 Å². The van der Waals surface area contributed by atoms with Crippen molar-refractivity contribution in [1.82, 2.24) is 35.7 Å². The number of sulfone groups is 1. The zero-order valence-corrected chi connectivity index (χ0v) is 24.6. The van der Waals surface area contributed by atoms with Gasteiger partial charge in [-0.1, -0.05) is 35.3 Å². The van der Waals surface area contributed by atoms with Gasteiger partial charge < -0.3 is 10.1 Å². The van der Waals surface area contributed by atoms with E-state index in [1.165, 1.54) is 30.3 Å².